The number of rotatable bonds is 2. The number of amides is 1. The molecule has 0 radical (unpaired) electrons. The van der Waals surface area contributed by atoms with E-state index in [1.807, 2.05) is 0 Å². The molecule has 0 fully saturated rings. The van der Waals surface area contributed by atoms with Crippen LogP contribution >= 0.6 is 0 Å². The van der Waals surface area contributed by atoms with E-state index in [1.165, 1.54) is 24.3 Å². The number of benzene rings is 1. The Hall–Kier alpha value is -2.37. The molecule has 0 unspecified atom stereocenters. The van der Waals surface area contributed by atoms with Crippen LogP contribution in [0.1, 0.15) is 16.2 Å². The number of hydrogen-bond acceptors (Lipinski definition) is 4. The van der Waals surface area contributed by atoms with Crippen LogP contribution in [0.15, 0.2) is 28.8 Å². The zero-order valence-corrected chi connectivity index (χ0v) is 9.03. The molecule has 1 aromatic heterocycles. The lowest BCUT2D eigenvalue weighted by Gasteiger charge is -2.07. The van der Waals surface area contributed by atoms with Gasteiger partial charge in [0.15, 0.2) is 5.69 Å². The van der Waals surface area contributed by atoms with Gasteiger partial charge >= 0.3 is 0 Å². The minimum Gasteiger partial charge on any atom is -0.397 e. The normalized spacial score (nSPS) is 10.2. The highest BCUT2D eigenvalue weighted by Crippen LogP contribution is 2.22. The van der Waals surface area contributed by atoms with E-state index in [0.29, 0.717) is 5.76 Å². The summed E-state index contributed by atoms with van der Waals surface area (Å²) in [5, 5.41) is 5.87. The molecule has 6 heteroatoms. The zero-order chi connectivity index (χ0) is 12.4. The molecule has 0 atom stereocenters. The molecule has 1 heterocycles. The standard InChI is InChI=1S/C11H10FN3O2/c1-6-5-9(15-17-6)11(16)14-10-7(12)3-2-4-8(10)13/h2-5H,13H2,1H3,(H,14,16). The molecule has 2 aromatic rings. The largest absolute Gasteiger partial charge is 0.397 e. The molecule has 0 saturated heterocycles. The Labute approximate surface area is 96.4 Å². The maximum atomic E-state index is 13.4. The van der Waals surface area contributed by atoms with Crippen LogP contribution in [0, 0.1) is 12.7 Å². The number of nitrogens with one attached hydrogen (secondary N) is 1. The minimum absolute atomic E-state index is 0.0573. The Balaban J connectivity index is 2.24. The molecule has 17 heavy (non-hydrogen) atoms. The van der Waals surface area contributed by atoms with E-state index in [4.69, 9.17) is 10.3 Å². The summed E-state index contributed by atoms with van der Waals surface area (Å²) in [6.45, 7) is 1.65. The van der Waals surface area contributed by atoms with Crippen LogP contribution in [-0.4, -0.2) is 11.1 Å². The van der Waals surface area contributed by atoms with Gasteiger partial charge in [-0.15, -0.1) is 0 Å². The summed E-state index contributed by atoms with van der Waals surface area (Å²) in [6, 6.07) is 5.61. The molecule has 0 spiro atoms. The maximum absolute atomic E-state index is 13.4. The number of aromatic nitrogens is 1. The second-order valence-corrected chi connectivity index (χ2v) is 3.48. The monoisotopic (exact) mass is 235 g/mol. The predicted molar refractivity (Wildman–Crippen MR) is 60.0 cm³/mol. The van der Waals surface area contributed by atoms with Crippen molar-refractivity contribution in [2.45, 2.75) is 6.92 Å². The van der Waals surface area contributed by atoms with Crippen LogP contribution in [0.2, 0.25) is 0 Å². The Morgan fingerprint density at radius 1 is 1.53 bits per heavy atom. The van der Waals surface area contributed by atoms with Gasteiger partial charge in [0.25, 0.3) is 5.91 Å². The average molecular weight is 235 g/mol. The number of carbonyl (C=O) groups excluding carboxylic acids is 1. The highest BCUT2D eigenvalue weighted by molar-refractivity contribution is 6.04. The maximum Gasteiger partial charge on any atom is 0.277 e. The molecule has 1 aromatic carbocycles. The lowest BCUT2D eigenvalue weighted by Crippen LogP contribution is -2.14. The lowest BCUT2D eigenvalue weighted by atomic mass is 10.2. The van der Waals surface area contributed by atoms with Crippen molar-refractivity contribution in [1.82, 2.24) is 5.16 Å². The highest BCUT2D eigenvalue weighted by Gasteiger charge is 2.14. The Morgan fingerprint density at radius 2 is 2.29 bits per heavy atom. The van der Waals surface area contributed by atoms with E-state index >= 15 is 0 Å². The Bertz CT molecular complexity index is 545. The SMILES string of the molecule is Cc1cc(C(=O)Nc2c(N)cccc2F)no1. The molecule has 0 bridgehead atoms. The van der Waals surface area contributed by atoms with E-state index in [0.717, 1.165) is 0 Å². The molecular formula is C11H10FN3O2. The first-order chi connectivity index (χ1) is 8.08. The summed E-state index contributed by atoms with van der Waals surface area (Å²) in [5.74, 6) is -0.672. The smallest absolute Gasteiger partial charge is 0.277 e. The summed E-state index contributed by atoms with van der Waals surface area (Å²) in [7, 11) is 0. The van der Waals surface area contributed by atoms with Gasteiger partial charge < -0.3 is 15.6 Å². The van der Waals surface area contributed by atoms with Crippen LogP contribution in [-0.2, 0) is 0 Å². The number of nitrogen functional groups attached to an aromatic ring is 1. The summed E-state index contributed by atoms with van der Waals surface area (Å²) in [4.78, 5) is 11.7. The average Bonchev–Trinajstić information content (AvgIpc) is 2.70. The van der Waals surface area contributed by atoms with Gasteiger partial charge in [0.2, 0.25) is 0 Å². The van der Waals surface area contributed by atoms with Gasteiger partial charge in [-0.3, -0.25) is 4.79 Å². The number of anilines is 2. The Kier molecular flexibility index (Phi) is 2.78. The van der Waals surface area contributed by atoms with Gasteiger partial charge in [0, 0.05) is 6.07 Å². The van der Waals surface area contributed by atoms with Crippen molar-refractivity contribution in [3.8, 4) is 0 Å². The summed E-state index contributed by atoms with van der Waals surface area (Å²) >= 11 is 0. The number of halogens is 1. The van der Waals surface area contributed by atoms with E-state index in [2.05, 4.69) is 10.5 Å². The van der Waals surface area contributed by atoms with Crippen molar-refractivity contribution in [2.24, 2.45) is 0 Å². The van der Waals surface area contributed by atoms with Crippen LogP contribution in [0.5, 0.6) is 0 Å². The van der Waals surface area contributed by atoms with Crippen molar-refractivity contribution in [3.63, 3.8) is 0 Å². The summed E-state index contributed by atoms with van der Waals surface area (Å²) in [5.41, 5.74) is 5.72. The summed E-state index contributed by atoms with van der Waals surface area (Å²) < 4.78 is 18.1. The number of nitrogens with zero attached hydrogens (tertiary/aromatic N) is 1. The fourth-order valence-corrected chi connectivity index (χ4v) is 1.32. The van der Waals surface area contributed by atoms with Gasteiger partial charge in [-0.05, 0) is 19.1 Å². The molecule has 3 N–H and O–H groups in total. The topological polar surface area (TPSA) is 81.2 Å². The minimum atomic E-state index is -0.599. The van der Waals surface area contributed by atoms with Gasteiger partial charge in [-0.25, -0.2) is 4.39 Å². The van der Waals surface area contributed by atoms with Crippen molar-refractivity contribution < 1.29 is 13.7 Å². The molecule has 1 amide bonds. The van der Waals surface area contributed by atoms with Crippen LogP contribution in [0.25, 0.3) is 0 Å². The molecular weight excluding hydrogens is 225 g/mol. The number of para-hydroxylation sites is 1. The number of hydrogen-bond donors (Lipinski definition) is 2. The Morgan fingerprint density at radius 3 is 2.88 bits per heavy atom. The first-order valence-corrected chi connectivity index (χ1v) is 4.86. The van der Waals surface area contributed by atoms with Crippen molar-refractivity contribution in [3.05, 3.63) is 41.5 Å². The number of carbonyl (C=O) groups is 1. The predicted octanol–water partition coefficient (Wildman–Crippen LogP) is 1.96. The molecule has 0 aliphatic heterocycles. The summed E-state index contributed by atoms with van der Waals surface area (Å²) in [6.07, 6.45) is 0. The van der Waals surface area contributed by atoms with Crippen molar-refractivity contribution in [1.29, 1.82) is 0 Å². The zero-order valence-electron chi connectivity index (χ0n) is 9.03. The molecule has 0 aliphatic carbocycles. The van der Waals surface area contributed by atoms with E-state index in [1.54, 1.807) is 6.92 Å². The van der Waals surface area contributed by atoms with Crippen LogP contribution in [0.4, 0.5) is 15.8 Å². The highest BCUT2D eigenvalue weighted by atomic mass is 19.1. The second-order valence-electron chi connectivity index (χ2n) is 3.48. The number of aryl methyl sites for hydroxylation is 1. The van der Waals surface area contributed by atoms with E-state index in [9.17, 15) is 9.18 Å². The van der Waals surface area contributed by atoms with Crippen molar-refractivity contribution in [2.75, 3.05) is 11.1 Å². The number of nitrogens with two attached hydrogens (primary N) is 1. The van der Waals surface area contributed by atoms with Crippen LogP contribution < -0.4 is 11.1 Å². The first-order valence-electron chi connectivity index (χ1n) is 4.86. The van der Waals surface area contributed by atoms with Crippen molar-refractivity contribution >= 4 is 17.3 Å². The van der Waals surface area contributed by atoms with Gasteiger partial charge in [0.05, 0.1) is 5.69 Å². The van der Waals surface area contributed by atoms with Crippen LogP contribution in [0.3, 0.4) is 0 Å². The quantitative estimate of drug-likeness (QED) is 0.779. The fourth-order valence-electron chi connectivity index (χ4n) is 1.32. The van der Waals surface area contributed by atoms with Gasteiger partial charge in [-0.1, -0.05) is 11.2 Å². The van der Waals surface area contributed by atoms with Gasteiger partial charge in [0.1, 0.15) is 17.3 Å². The molecule has 0 saturated carbocycles. The third kappa shape index (κ3) is 2.25. The fraction of sp³-hybridized carbons (Fsp3) is 0.0909. The third-order valence-corrected chi connectivity index (χ3v) is 2.14. The van der Waals surface area contributed by atoms with Gasteiger partial charge in [-0.2, -0.15) is 0 Å². The molecule has 5 nitrogen and oxygen atoms in total. The first kappa shape index (κ1) is 11.1. The molecule has 2 rings (SSSR count). The molecule has 88 valence electrons. The molecule has 0 aliphatic rings. The lowest BCUT2D eigenvalue weighted by molar-refractivity contribution is 0.101. The van der Waals surface area contributed by atoms with E-state index in [-0.39, 0.29) is 17.1 Å². The third-order valence-electron chi connectivity index (χ3n) is 2.14. The van der Waals surface area contributed by atoms with E-state index < -0.39 is 11.7 Å². The second kappa shape index (κ2) is 4.25.